The molecule has 0 N–H and O–H groups in total. The predicted octanol–water partition coefficient (Wildman–Crippen LogP) is 5.38. The first-order valence-electron chi connectivity index (χ1n) is 10.7. The number of hydrogen-bond donors (Lipinski definition) is 0. The first-order valence-corrected chi connectivity index (χ1v) is 10.7. The summed E-state index contributed by atoms with van der Waals surface area (Å²) in [4.78, 5) is 2.34. The fourth-order valence-electron chi connectivity index (χ4n) is 4.15. The summed E-state index contributed by atoms with van der Waals surface area (Å²) < 4.78 is 10.7. The summed E-state index contributed by atoms with van der Waals surface area (Å²) in [6, 6.07) is 17.1. The maximum Gasteiger partial charge on any atom is 0.160 e. The molecule has 2 rings (SSSR count). The van der Waals surface area contributed by atoms with Gasteiger partial charge < -0.3 is 14.4 Å². The van der Waals surface area contributed by atoms with E-state index in [1.165, 1.54) is 16.7 Å². The summed E-state index contributed by atoms with van der Waals surface area (Å²) in [5, 5.41) is 10.1. The Kier molecular flexibility index (Phi) is 8.74. The highest BCUT2D eigenvalue weighted by atomic mass is 16.5. The fraction of sp³-hybridized carbons (Fsp3) is 0.500. The van der Waals surface area contributed by atoms with Gasteiger partial charge in [-0.2, -0.15) is 5.26 Å². The number of nitriles is 1. The van der Waals surface area contributed by atoms with E-state index in [-0.39, 0.29) is 5.92 Å². The van der Waals surface area contributed by atoms with Crippen molar-refractivity contribution in [2.75, 3.05) is 34.4 Å². The van der Waals surface area contributed by atoms with Crippen molar-refractivity contribution in [3.63, 3.8) is 0 Å². The fourth-order valence-corrected chi connectivity index (χ4v) is 4.15. The Balaban J connectivity index is 1.96. The van der Waals surface area contributed by atoms with Crippen LogP contribution in [0.4, 0.5) is 0 Å². The normalized spacial score (nSPS) is 13.2. The van der Waals surface area contributed by atoms with Crippen LogP contribution in [-0.2, 0) is 11.8 Å². The lowest BCUT2D eigenvalue weighted by Crippen LogP contribution is -2.33. The molecule has 0 radical (unpaired) electrons. The SMILES string of the molecule is COc1ccc(CCN(C)CCC[C@@](C#N)(c2ccccc2C)C(C)C)cc1OC. The van der Waals surface area contributed by atoms with E-state index in [1.807, 2.05) is 24.3 Å². The molecule has 162 valence electrons. The number of rotatable bonds is 11. The summed E-state index contributed by atoms with van der Waals surface area (Å²) in [6.07, 6.45) is 2.80. The number of methoxy groups -OCH3 is 2. The Morgan fingerprint density at radius 1 is 1.03 bits per heavy atom. The summed E-state index contributed by atoms with van der Waals surface area (Å²) in [7, 11) is 5.47. The molecule has 0 aliphatic rings. The molecule has 1 atom stereocenters. The van der Waals surface area contributed by atoms with E-state index in [4.69, 9.17) is 9.47 Å². The highest BCUT2D eigenvalue weighted by Gasteiger charge is 2.36. The van der Waals surface area contributed by atoms with E-state index in [0.29, 0.717) is 0 Å². The molecule has 30 heavy (non-hydrogen) atoms. The smallest absolute Gasteiger partial charge is 0.160 e. The van der Waals surface area contributed by atoms with E-state index in [1.54, 1.807) is 14.2 Å². The summed E-state index contributed by atoms with van der Waals surface area (Å²) in [5.41, 5.74) is 3.17. The number of nitrogens with zero attached hydrogens (tertiary/aromatic N) is 2. The lowest BCUT2D eigenvalue weighted by molar-refractivity contribution is 0.293. The Bertz CT molecular complexity index is 856. The van der Waals surface area contributed by atoms with Gasteiger partial charge in [0.25, 0.3) is 0 Å². The number of benzene rings is 2. The van der Waals surface area contributed by atoms with Crippen LogP contribution in [-0.4, -0.2) is 39.3 Å². The first-order chi connectivity index (χ1) is 14.4. The second kappa shape index (κ2) is 11.0. The summed E-state index contributed by atoms with van der Waals surface area (Å²) in [5.74, 6) is 1.79. The van der Waals surface area contributed by atoms with Gasteiger partial charge >= 0.3 is 0 Å². The van der Waals surface area contributed by atoms with E-state index in [0.717, 1.165) is 43.9 Å². The van der Waals surface area contributed by atoms with Crippen molar-refractivity contribution in [1.29, 1.82) is 5.26 Å². The maximum atomic E-state index is 10.1. The number of hydrogen-bond acceptors (Lipinski definition) is 4. The van der Waals surface area contributed by atoms with Gasteiger partial charge in [-0.25, -0.2) is 0 Å². The van der Waals surface area contributed by atoms with Crippen LogP contribution in [0.2, 0.25) is 0 Å². The molecule has 0 aliphatic carbocycles. The van der Waals surface area contributed by atoms with Crippen LogP contribution in [0.15, 0.2) is 42.5 Å². The van der Waals surface area contributed by atoms with Gasteiger partial charge in [0.15, 0.2) is 11.5 Å². The predicted molar refractivity (Wildman–Crippen MR) is 123 cm³/mol. The van der Waals surface area contributed by atoms with Gasteiger partial charge in [-0.1, -0.05) is 44.2 Å². The van der Waals surface area contributed by atoms with Gasteiger partial charge in [-0.05, 0) is 74.5 Å². The Labute approximate surface area is 182 Å². The van der Waals surface area contributed by atoms with Crippen molar-refractivity contribution in [1.82, 2.24) is 4.90 Å². The Morgan fingerprint density at radius 3 is 2.33 bits per heavy atom. The van der Waals surface area contributed by atoms with Gasteiger partial charge in [-0.15, -0.1) is 0 Å². The van der Waals surface area contributed by atoms with Crippen molar-refractivity contribution in [2.45, 2.75) is 45.4 Å². The zero-order chi connectivity index (χ0) is 22.1. The molecule has 4 heteroatoms. The molecule has 0 spiro atoms. The van der Waals surface area contributed by atoms with E-state index >= 15 is 0 Å². The van der Waals surface area contributed by atoms with Crippen molar-refractivity contribution < 1.29 is 9.47 Å². The third-order valence-electron chi connectivity index (χ3n) is 6.15. The van der Waals surface area contributed by atoms with Crippen LogP contribution < -0.4 is 9.47 Å². The zero-order valence-electron chi connectivity index (χ0n) is 19.4. The first kappa shape index (κ1) is 23.8. The quantitative estimate of drug-likeness (QED) is 0.500. The Morgan fingerprint density at radius 2 is 1.73 bits per heavy atom. The molecule has 0 saturated carbocycles. The van der Waals surface area contributed by atoms with Crippen LogP contribution in [0.5, 0.6) is 11.5 Å². The second-order valence-electron chi connectivity index (χ2n) is 8.40. The molecule has 2 aromatic rings. The van der Waals surface area contributed by atoms with E-state index < -0.39 is 5.41 Å². The number of ether oxygens (including phenoxy) is 2. The average Bonchev–Trinajstić information content (AvgIpc) is 2.75. The summed E-state index contributed by atoms with van der Waals surface area (Å²) in [6.45, 7) is 8.36. The third-order valence-corrected chi connectivity index (χ3v) is 6.15. The van der Waals surface area contributed by atoms with Gasteiger partial charge in [0, 0.05) is 6.54 Å². The molecule has 0 fully saturated rings. The highest BCUT2D eigenvalue weighted by molar-refractivity contribution is 5.43. The van der Waals surface area contributed by atoms with Crippen molar-refractivity contribution >= 4 is 0 Å². The molecule has 0 aliphatic heterocycles. The van der Waals surface area contributed by atoms with Gasteiger partial charge in [0.05, 0.1) is 25.7 Å². The van der Waals surface area contributed by atoms with Crippen molar-refractivity contribution in [3.8, 4) is 17.6 Å². The van der Waals surface area contributed by atoms with Crippen molar-refractivity contribution in [2.24, 2.45) is 5.92 Å². The van der Waals surface area contributed by atoms with E-state index in [9.17, 15) is 5.26 Å². The highest BCUT2D eigenvalue weighted by Crippen LogP contribution is 2.38. The van der Waals surface area contributed by atoms with Crippen LogP contribution >= 0.6 is 0 Å². The second-order valence-corrected chi connectivity index (χ2v) is 8.40. The summed E-state index contributed by atoms with van der Waals surface area (Å²) >= 11 is 0. The lowest BCUT2D eigenvalue weighted by Gasteiger charge is -2.33. The molecule has 4 nitrogen and oxygen atoms in total. The van der Waals surface area contributed by atoms with Crippen molar-refractivity contribution in [3.05, 3.63) is 59.2 Å². The standard InChI is InChI=1S/C26H36N2O2/c1-20(2)26(19-27,23-11-8-7-10-21(23)3)15-9-16-28(4)17-14-22-12-13-24(29-5)25(18-22)30-6/h7-8,10-13,18,20H,9,14-17H2,1-6H3/t26-/m0/s1. The third kappa shape index (κ3) is 5.55. The molecule has 0 bridgehead atoms. The van der Waals surface area contributed by atoms with E-state index in [2.05, 4.69) is 57.0 Å². The maximum absolute atomic E-state index is 10.1. The molecule has 0 amide bonds. The minimum Gasteiger partial charge on any atom is -0.493 e. The molecule has 0 heterocycles. The molecule has 0 unspecified atom stereocenters. The van der Waals surface area contributed by atoms with Gasteiger partial charge in [-0.3, -0.25) is 0 Å². The minimum atomic E-state index is -0.435. The molecule has 0 aromatic heterocycles. The average molecular weight is 409 g/mol. The van der Waals surface area contributed by atoms with Crippen LogP contribution in [0.1, 0.15) is 43.4 Å². The largest absolute Gasteiger partial charge is 0.493 e. The molecular formula is C26H36N2O2. The zero-order valence-corrected chi connectivity index (χ0v) is 19.4. The van der Waals surface area contributed by atoms with Gasteiger partial charge in [0.2, 0.25) is 0 Å². The molecule has 0 saturated heterocycles. The lowest BCUT2D eigenvalue weighted by atomic mass is 9.68. The minimum absolute atomic E-state index is 0.265. The van der Waals surface area contributed by atoms with Gasteiger partial charge in [0.1, 0.15) is 0 Å². The Hall–Kier alpha value is -2.51. The monoisotopic (exact) mass is 408 g/mol. The van der Waals surface area contributed by atoms with Crippen LogP contribution in [0.25, 0.3) is 0 Å². The topological polar surface area (TPSA) is 45.5 Å². The number of likely N-dealkylation sites (N-methyl/N-ethyl adjacent to an activating group) is 1. The molecule has 2 aromatic carbocycles. The van der Waals surface area contributed by atoms with Crippen LogP contribution in [0, 0.1) is 24.2 Å². The molecular weight excluding hydrogens is 372 g/mol. The number of aryl methyl sites for hydroxylation is 1. The van der Waals surface area contributed by atoms with Crippen LogP contribution in [0.3, 0.4) is 0 Å².